The molecule has 0 amide bonds. The van der Waals surface area contributed by atoms with E-state index in [1.165, 1.54) is 43.3 Å². The van der Waals surface area contributed by atoms with Crippen LogP contribution in [0.1, 0.15) is 31.6 Å². The van der Waals surface area contributed by atoms with E-state index in [1.807, 2.05) is 0 Å². The van der Waals surface area contributed by atoms with E-state index in [0.717, 1.165) is 22.2 Å². The van der Waals surface area contributed by atoms with Crippen LogP contribution in [-0.2, 0) is 22.6 Å². The highest BCUT2D eigenvalue weighted by Gasteiger charge is 2.39. The Balaban J connectivity index is 1.87. The minimum Gasteiger partial charge on any atom is -0.455 e. The van der Waals surface area contributed by atoms with Crippen molar-refractivity contribution in [2.24, 2.45) is 0 Å². The van der Waals surface area contributed by atoms with Crippen molar-refractivity contribution in [3.63, 3.8) is 0 Å². The third-order valence-corrected chi connectivity index (χ3v) is 6.79. The summed E-state index contributed by atoms with van der Waals surface area (Å²) < 4.78 is 62.2. The summed E-state index contributed by atoms with van der Waals surface area (Å²) in [5.41, 5.74) is -1.11. The Bertz CT molecular complexity index is 1630. The van der Waals surface area contributed by atoms with Gasteiger partial charge >= 0.3 is 17.8 Å². The van der Waals surface area contributed by atoms with Crippen molar-refractivity contribution in [2.45, 2.75) is 45.3 Å². The summed E-state index contributed by atoms with van der Waals surface area (Å²) in [6, 6.07) is 9.66. The van der Waals surface area contributed by atoms with Crippen molar-refractivity contribution in [2.75, 3.05) is 0 Å². The van der Waals surface area contributed by atoms with Crippen molar-refractivity contribution < 1.29 is 32.2 Å². The number of esters is 1. The molecule has 0 spiro atoms. The number of imidazole rings is 1. The van der Waals surface area contributed by atoms with Crippen LogP contribution in [0.25, 0.3) is 16.9 Å². The Labute approximate surface area is 244 Å². The number of carbonyl (C=O) groups excluding carboxylic acids is 1. The zero-order valence-corrected chi connectivity index (χ0v) is 23.4. The molecule has 0 bridgehead atoms. The molecule has 0 aliphatic heterocycles. The van der Waals surface area contributed by atoms with Crippen LogP contribution in [0.5, 0.6) is 0 Å². The molecule has 0 fully saturated rings. The summed E-state index contributed by atoms with van der Waals surface area (Å²) in [7, 11) is 0. The number of hydrogen-bond acceptors (Lipinski definition) is 6. The molecule has 0 saturated carbocycles. The number of halogens is 7. The van der Waals surface area contributed by atoms with Crippen LogP contribution < -0.4 is 5.69 Å². The van der Waals surface area contributed by atoms with Crippen LogP contribution in [0, 0.1) is 5.82 Å². The van der Waals surface area contributed by atoms with Crippen LogP contribution >= 0.6 is 34.8 Å². The smallest absolute Gasteiger partial charge is 0.416 e. The van der Waals surface area contributed by atoms with Gasteiger partial charge in [0.2, 0.25) is 0 Å². The summed E-state index contributed by atoms with van der Waals surface area (Å²) in [6.45, 7) is 0.956. The van der Waals surface area contributed by atoms with Gasteiger partial charge in [0.1, 0.15) is 16.7 Å². The normalized spacial score (nSPS) is 13.3. The number of aromatic nitrogens is 5. The molecule has 0 saturated heterocycles. The summed E-state index contributed by atoms with van der Waals surface area (Å²) in [4.78, 5) is 29.3. The second kappa shape index (κ2) is 11.8. The zero-order valence-electron chi connectivity index (χ0n) is 21.2. The summed E-state index contributed by atoms with van der Waals surface area (Å²) >= 11 is 18.7. The summed E-state index contributed by atoms with van der Waals surface area (Å²) in [6.07, 6.45) is -8.95. The number of carbonyl (C=O) groups is 1. The Morgan fingerprint density at radius 1 is 1.10 bits per heavy atom. The predicted molar refractivity (Wildman–Crippen MR) is 142 cm³/mol. The van der Waals surface area contributed by atoms with Crippen LogP contribution in [0.15, 0.2) is 47.3 Å². The van der Waals surface area contributed by atoms with Crippen molar-refractivity contribution in [3.8, 4) is 16.9 Å². The number of nitrogens with zero attached hydrogens (tertiary/aromatic N) is 5. The Hall–Kier alpha value is -3.39. The van der Waals surface area contributed by atoms with Gasteiger partial charge < -0.3 is 9.84 Å². The van der Waals surface area contributed by atoms with Gasteiger partial charge in [-0.25, -0.2) is 18.9 Å². The first-order valence-corrected chi connectivity index (χ1v) is 12.9. The molecule has 218 valence electrons. The number of rotatable bonds is 8. The van der Waals surface area contributed by atoms with Gasteiger partial charge in [0.05, 0.1) is 23.8 Å². The average Bonchev–Trinajstić information content (AvgIpc) is 3.38. The van der Waals surface area contributed by atoms with Gasteiger partial charge in [-0.2, -0.15) is 13.2 Å². The van der Waals surface area contributed by atoms with E-state index in [1.54, 1.807) is 0 Å². The van der Waals surface area contributed by atoms with Crippen molar-refractivity contribution in [1.82, 2.24) is 23.9 Å². The molecule has 1 N–H and O–H groups in total. The number of ether oxygens (including phenoxy) is 1. The molecule has 9 nitrogen and oxygen atoms in total. The van der Waals surface area contributed by atoms with Gasteiger partial charge in [-0.05, 0) is 31.2 Å². The van der Waals surface area contributed by atoms with E-state index in [2.05, 4.69) is 10.1 Å². The molecule has 2 atom stereocenters. The Morgan fingerprint density at radius 3 is 2.34 bits per heavy atom. The van der Waals surface area contributed by atoms with Gasteiger partial charge in [-0.15, -0.1) is 5.10 Å². The molecular weight excluding hydrogens is 617 g/mol. The van der Waals surface area contributed by atoms with Crippen molar-refractivity contribution in [3.05, 3.63) is 85.6 Å². The van der Waals surface area contributed by atoms with E-state index < -0.39 is 49.0 Å². The first-order chi connectivity index (χ1) is 19.2. The van der Waals surface area contributed by atoms with Crippen LogP contribution in [-0.4, -0.2) is 47.3 Å². The summed E-state index contributed by atoms with van der Waals surface area (Å²) in [5.74, 6) is -1.65. The molecule has 0 radical (unpaired) electrons. The minimum absolute atomic E-state index is 0.0507. The maximum Gasteiger partial charge on any atom is 0.416 e. The molecule has 16 heteroatoms. The van der Waals surface area contributed by atoms with Crippen LogP contribution in [0.4, 0.5) is 17.6 Å². The Kier molecular flexibility index (Phi) is 8.83. The van der Waals surface area contributed by atoms with E-state index >= 15 is 0 Å². The van der Waals surface area contributed by atoms with E-state index in [-0.39, 0.29) is 38.8 Å². The number of aliphatic hydroxyl groups is 1. The lowest BCUT2D eigenvalue weighted by Crippen LogP contribution is -2.37. The maximum atomic E-state index is 14.8. The van der Waals surface area contributed by atoms with E-state index in [4.69, 9.17) is 39.5 Å². The predicted octanol–water partition coefficient (Wildman–Crippen LogP) is 5.59. The maximum absolute atomic E-state index is 14.8. The fraction of sp³-hybridized carbons (Fsp3) is 0.280. The zero-order chi connectivity index (χ0) is 30.2. The summed E-state index contributed by atoms with van der Waals surface area (Å²) in [5, 5.41) is 14.0. The lowest BCUT2D eigenvalue weighted by molar-refractivity contribution is -0.207. The average molecular weight is 637 g/mol. The second-order valence-electron chi connectivity index (χ2n) is 8.80. The molecule has 41 heavy (non-hydrogen) atoms. The van der Waals surface area contributed by atoms with Gasteiger partial charge in [-0.3, -0.25) is 13.9 Å². The molecule has 2 aromatic carbocycles. The first kappa shape index (κ1) is 30.6. The molecule has 0 aliphatic rings. The molecule has 4 rings (SSSR count). The number of para-hydroxylation sites is 1. The van der Waals surface area contributed by atoms with Crippen LogP contribution in [0.2, 0.25) is 15.2 Å². The highest BCUT2D eigenvalue weighted by Crippen LogP contribution is 2.32. The first-order valence-electron chi connectivity index (χ1n) is 11.8. The Morgan fingerprint density at radius 2 is 1.76 bits per heavy atom. The SMILES string of the molecule is CC(=O)O[C@@H](C)c1nc(Cn2c(Cl)c(-c3ccc(Cl)cc3)n(C[C@H](O)C(F)(F)F)c2=O)nn1-c1c(F)cccc1Cl. The second-order valence-corrected chi connectivity index (χ2v) is 10.0. The lowest BCUT2D eigenvalue weighted by atomic mass is 10.1. The number of benzene rings is 2. The number of aliphatic hydroxyl groups excluding tert-OH is 1. The largest absolute Gasteiger partial charge is 0.455 e. The van der Waals surface area contributed by atoms with Gasteiger partial charge in [0.15, 0.2) is 23.9 Å². The fourth-order valence-electron chi connectivity index (χ4n) is 4.03. The topological polar surface area (TPSA) is 104 Å². The lowest BCUT2D eigenvalue weighted by Gasteiger charge is -2.16. The fourth-order valence-corrected chi connectivity index (χ4v) is 4.74. The number of hydrogen-bond donors (Lipinski definition) is 1. The molecular formula is C25H20Cl3F4N5O4. The third kappa shape index (κ3) is 6.43. The van der Waals surface area contributed by atoms with Crippen molar-refractivity contribution in [1.29, 1.82) is 0 Å². The minimum atomic E-state index is -5.02. The van der Waals surface area contributed by atoms with E-state index in [0.29, 0.717) is 9.59 Å². The quantitative estimate of drug-likeness (QED) is 0.200. The van der Waals surface area contributed by atoms with Gasteiger partial charge in [0.25, 0.3) is 0 Å². The molecule has 2 heterocycles. The van der Waals surface area contributed by atoms with Crippen LogP contribution in [0.3, 0.4) is 0 Å². The van der Waals surface area contributed by atoms with Crippen molar-refractivity contribution >= 4 is 40.8 Å². The molecule has 2 aromatic heterocycles. The third-order valence-electron chi connectivity index (χ3n) is 5.85. The van der Waals surface area contributed by atoms with Gasteiger partial charge in [-0.1, -0.05) is 53.0 Å². The number of alkyl halides is 3. The molecule has 4 aromatic rings. The molecule has 0 unspecified atom stereocenters. The monoisotopic (exact) mass is 635 g/mol. The highest BCUT2D eigenvalue weighted by molar-refractivity contribution is 6.32. The standard InChI is InChI=1S/C25H20Cl3F4N5O4/c1-12(41-13(2)38)23-33-19(34-37(23)21-16(27)4-3-5-17(21)29)11-36-22(28)20(14-6-8-15(26)9-7-14)35(24(36)40)10-18(39)25(30,31)32/h3-9,12,18,39H,10-11H2,1-2H3/t12-,18-/m0/s1. The van der Waals surface area contributed by atoms with E-state index in [9.17, 15) is 32.3 Å². The van der Waals surface area contributed by atoms with Gasteiger partial charge in [0, 0.05) is 17.5 Å². The molecule has 0 aliphatic carbocycles. The highest BCUT2D eigenvalue weighted by atomic mass is 35.5.